The van der Waals surface area contributed by atoms with E-state index >= 15 is 0 Å². The van der Waals surface area contributed by atoms with Crippen molar-refractivity contribution in [3.8, 4) is 16.9 Å². The number of amides is 1. The predicted octanol–water partition coefficient (Wildman–Crippen LogP) is 2.25. The van der Waals surface area contributed by atoms with Gasteiger partial charge in [0.1, 0.15) is 5.75 Å². The van der Waals surface area contributed by atoms with E-state index in [0.717, 1.165) is 36.8 Å². The van der Waals surface area contributed by atoms with Crippen molar-refractivity contribution < 1.29 is 38.6 Å². The van der Waals surface area contributed by atoms with Gasteiger partial charge in [-0.05, 0) is 74.0 Å². The number of fused-ring (bicyclic) bond motifs is 3. The lowest BCUT2D eigenvalue weighted by molar-refractivity contribution is -0.181. The fourth-order valence-electron chi connectivity index (χ4n) is 8.26. The van der Waals surface area contributed by atoms with Gasteiger partial charge in [0.25, 0.3) is 0 Å². The van der Waals surface area contributed by atoms with Crippen LogP contribution in [-0.4, -0.2) is 69.9 Å². The number of furan rings is 1. The van der Waals surface area contributed by atoms with Crippen LogP contribution in [0.15, 0.2) is 29.1 Å². The number of nitrogens with two attached hydrogens (primary N) is 1. The number of carbonyl (C=O) groups excluding carboxylic acids is 5. The Balaban J connectivity index is 1.48. The van der Waals surface area contributed by atoms with Gasteiger partial charge in [0.05, 0.1) is 30.0 Å². The molecule has 4 aliphatic carbocycles. The summed E-state index contributed by atoms with van der Waals surface area (Å²) in [6.45, 7) is 0. The van der Waals surface area contributed by atoms with E-state index in [4.69, 9.17) is 10.2 Å². The van der Waals surface area contributed by atoms with Crippen molar-refractivity contribution in [1.29, 1.82) is 0 Å². The highest BCUT2D eigenvalue weighted by atomic mass is 16.3. The van der Waals surface area contributed by atoms with Crippen molar-refractivity contribution in [1.82, 2.24) is 4.90 Å². The van der Waals surface area contributed by atoms with Crippen LogP contribution in [0.5, 0.6) is 5.75 Å². The van der Waals surface area contributed by atoms with E-state index in [1.54, 1.807) is 26.4 Å². The number of likely N-dealkylation sites (N-methyl/N-ethyl adjacent to an activating group) is 1. The fourth-order valence-corrected chi connectivity index (χ4v) is 8.26. The van der Waals surface area contributed by atoms with Gasteiger partial charge in [-0.15, -0.1) is 0 Å². The number of rotatable bonds is 5. The zero-order valence-corrected chi connectivity index (χ0v) is 23.8. The summed E-state index contributed by atoms with van der Waals surface area (Å²) in [6.07, 6.45) is 9.36. The monoisotopic (exact) mass is 576 g/mol. The second-order valence-electron chi connectivity index (χ2n) is 12.8. The van der Waals surface area contributed by atoms with Crippen LogP contribution in [-0.2, 0) is 32.0 Å². The maximum atomic E-state index is 14.3. The van der Waals surface area contributed by atoms with Crippen molar-refractivity contribution in [2.24, 2.45) is 35.3 Å². The van der Waals surface area contributed by atoms with E-state index in [2.05, 4.69) is 0 Å². The summed E-state index contributed by atoms with van der Waals surface area (Å²) < 4.78 is 5.35. The fraction of sp³-hybridized carbons (Fsp3) is 0.531. The number of aromatic hydroxyl groups is 1. The number of phenolic OH excluding ortho intramolecular Hbond substituents is 1. The van der Waals surface area contributed by atoms with Crippen LogP contribution in [0.4, 0.5) is 0 Å². The normalized spacial score (nSPS) is 31.6. The van der Waals surface area contributed by atoms with Crippen LogP contribution in [0, 0.1) is 29.6 Å². The minimum atomic E-state index is -2.74. The number of ketones is 4. The molecule has 1 aromatic heterocycles. The lowest BCUT2D eigenvalue weighted by atomic mass is 9.52. The van der Waals surface area contributed by atoms with Crippen LogP contribution in [0.2, 0.25) is 0 Å². The largest absolute Gasteiger partial charge is 0.507 e. The Kier molecular flexibility index (Phi) is 6.97. The Bertz CT molecular complexity index is 1490. The van der Waals surface area contributed by atoms with Crippen LogP contribution in [0.3, 0.4) is 0 Å². The van der Waals surface area contributed by atoms with E-state index in [9.17, 15) is 34.2 Å². The zero-order chi connectivity index (χ0) is 30.1. The molecule has 3 fully saturated rings. The van der Waals surface area contributed by atoms with Crippen molar-refractivity contribution in [2.45, 2.75) is 63.0 Å². The van der Waals surface area contributed by atoms with Crippen molar-refractivity contribution in [3.05, 3.63) is 41.3 Å². The van der Waals surface area contributed by atoms with Crippen LogP contribution in [0.1, 0.15) is 60.0 Å². The van der Waals surface area contributed by atoms with Gasteiger partial charge in [-0.25, -0.2) is 0 Å². The van der Waals surface area contributed by atoms with Gasteiger partial charge in [-0.1, -0.05) is 32.1 Å². The number of hydrogen-bond acceptors (Lipinski definition) is 9. The first kappa shape index (κ1) is 28.5. The zero-order valence-electron chi connectivity index (χ0n) is 23.8. The molecule has 2 unspecified atom stereocenters. The molecule has 2 aromatic rings. The van der Waals surface area contributed by atoms with Gasteiger partial charge in [0, 0.05) is 11.5 Å². The third kappa shape index (κ3) is 4.10. The molecular weight excluding hydrogens is 540 g/mol. The molecule has 0 radical (unpaired) electrons. The molecule has 1 amide bonds. The first-order chi connectivity index (χ1) is 20.0. The Morgan fingerprint density at radius 3 is 2.45 bits per heavy atom. The molecule has 0 saturated heterocycles. The lowest BCUT2D eigenvalue weighted by Crippen LogP contribution is -2.74. The summed E-state index contributed by atoms with van der Waals surface area (Å²) in [5.74, 6) is -9.97. The maximum absolute atomic E-state index is 14.3. The van der Waals surface area contributed by atoms with Crippen LogP contribution < -0.4 is 5.73 Å². The third-order valence-electron chi connectivity index (χ3n) is 10.2. The topological polar surface area (TPSA) is 168 Å². The van der Waals surface area contributed by atoms with E-state index in [1.807, 2.05) is 6.07 Å². The summed E-state index contributed by atoms with van der Waals surface area (Å²) in [4.78, 5) is 68.9. The average Bonchev–Trinajstić information content (AvgIpc) is 3.47. The number of nitrogens with zero attached hydrogens (tertiary/aromatic N) is 1. The second kappa shape index (κ2) is 10.3. The Labute approximate surface area is 243 Å². The van der Waals surface area contributed by atoms with Gasteiger partial charge in [0.15, 0.2) is 34.7 Å². The molecule has 4 N–H and O–H groups in total. The summed E-state index contributed by atoms with van der Waals surface area (Å²) >= 11 is 0. The molecule has 42 heavy (non-hydrogen) atoms. The highest BCUT2D eigenvalue weighted by molar-refractivity contribution is 6.32. The van der Waals surface area contributed by atoms with Gasteiger partial charge < -0.3 is 20.4 Å². The first-order valence-electron chi connectivity index (χ1n) is 14.7. The minimum Gasteiger partial charge on any atom is -0.507 e. The van der Waals surface area contributed by atoms with E-state index in [1.165, 1.54) is 17.6 Å². The van der Waals surface area contributed by atoms with E-state index in [0.29, 0.717) is 23.5 Å². The molecule has 0 bridgehead atoms. The molecular formula is C32H36N2O8. The number of carbonyl (C=O) groups is 5. The number of Topliss-reactive ketones (excluding diaryl/α,β-unsaturated/α-hetero) is 4. The van der Waals surface area contributed by atoms with Gasteiger partial charge >= 0.3 is 0 Å². The van der Waals surface area contributed by atoms with Crippen molar-refractivity contribution >= 4 is 29.0 Å². The van der Waals surface area contributed by atoms with Gasteiger partial charge in [0.2, 0.25) is 5.91 Å². The summed E-state index contributed by atoms with van der Waals surface area (Å²) in [5.41, 5.74) is 5.37. The Morgan fingerprint density at radius 1 is 1.12 bits per heavy atom. The molecule has 222 valence electrons. The molecule has 6 atom stereocenters. The molecule has 3 saturated carbocycles. The SMILES string of the molecule is CN(C)[C@@H]1C(=O)C(C(N)=O)C(=O)[C@@]2(O)C(=O)C3C(=O)c4c(O)c(CC5CCCCC5)cc(-c5ccoc5)c4C[C@H]3C[C@@H]12. The quantitative estimate of drug-likeness (QED) is 0.452. The first-order valence-corrected chi connectivity index (χ1v) is 14.7. The molecule has 10 nitrogen and oxygen atoms in total. The third-order valence-corrected chi connectivity index (χ3v) is 10.2. The lowest BCUT2D eigenvalue weighted by Gasteiger charge is -2.52. The molecule has 1 heterocycles. The molecule has 1 aromatic carbocycles. The summed E-state index contributed by atoms with van der Waals surface area (Å²) in [6, 6.07) is 2.56. The summed E-state index contributed by atoms with van der Waals surface area (Å²) in [7, 11) is 3.13. The number of primary amides is 1. The van der Waals surface area contributed by atoms with E-state index in [-0.39, 0.29) is 24.2 Å². The Hall–Kier alpha value is -3.63. The van der Waals surface area contributed by atoms with Crippen molar-refractivity contribution in [2.75, 3.05) is 14.1 Å². The molecule has 10 heteroatoms. The van der Waals surface area contributed by atoms with Gasteiger partial charge in [-0.2, -0.15) is 0 Å². The van der Waals surface area contributed by atoms with Crippen LogP contribution in [0.25, 0.3) is 11.1 Å². The number of phenols is 1. The minimum absolute atomic E-state index is 0.0132. The highest BCUT2D eigenvalue weighted by Gasteiger charge is 2.69. The Morgan fingerprint density at radius 2 is 1.83 bits per heavy atom. The molecule has 0 spiro atoms. The number of aliphatic hydroxyl groups is 1. The predicted molar refractivity (Wildman–Crippen MR) is 149 cm³/mol. The number of hydrogen-bond donors (Lipinski definition) is 3. The second-order valence-corrected chi connectivity index (χ2v) is 12.8. The van der Waals surface area contributed by atoms with Crippen LogP contribution >= 0.6 is 0 Å². The van der Waals surface area contributed by atoms with Crippen molar-refractivity contribution in [3.63, 3.8) is 0 Å². The average molecular weight is 577 g/mol. The van der Waals surface area contributed by atoms with Gasteiger partial charge in [-0.3, -0.25) is 28.9 Å². The maximum Gasteiger partial charge on any atom is 0.235 e. The molecule has 0 aliphatic heterocycles. The molecule has 4 aliphatic rings. The highest BCUT2D eigenvalue weighted by Crippen LogP contribution is 2.52. The smallest absolute Gasteiger partial charge is 0.235 e. The summed E-state index contributed by atoms with van der Waals surface area (Å²) in [5, 5.41) is 23.4. The van der Waals surface area contributed by atoms with E-state index < -0.39 is 64.4 Å². The number of benzene rings is 1. The standard InChI is InChI=1S/C32H36N2O8/c1-34(2)25-21-13-17-11-20-19(16-8-9-42-14-16)12-18(10-15-6-4-3-5-7-15)26(35)23(20)27(36)22(17)29(38)32(21,41)30(39)24(28(25)37)31(33)40/h8-9,12,14-15,17,21-22,24-25,35,41H,3-7,10-11,13H2,1-2H3,(H2,33,40)/t17-,21-,22?,24?,25-,32-/m0/s1. The molecule has 6 rings (SSSR count).